The third kappa shape index (κ3) is 3.45. The zero-order valence-electron chi connectivity index (χ0n) is 11.1. The SMILES string of the molecule is CCOC(C(=O)Cc1ccoc1)C1CCCCC1. The van der Waals surface area contributed by atoms with Crippen LogP contribution in [0.4, 0.5) is 0 Å². The maximum atomic E-state index is 12.3. The number of furan rings is 1. The lowest BCUT2D eigenvalue weighted by atomic mass is 9.83. The zero-order valence-corrected chi connectivity index (χ0v) is 11.1. The molecule has 0 saturated heterocycles. The summed E-state index contributed by atoms with van der Waals surface area (Å²) < 4.78 is 10.7. The van der Waals surface area contributed by atoms with Gasteiger partial charge in [-0.15, -0.1) is 0 Å². The van der Waals surface area contributed by atoms with E-state index in [2.05, 4.69) is 0 Å². The van der Waals surface area contributed by atoms with Gasteiger partial charge in [-0.3, -0.25) is 4.79 Å². The first-order valence-electron chi connectivity index (χ1n) is 6.96. The number of carbonyl (C=O) groups is 1. The lowest BCUT2D eigenvalue weighted by molar-refractivity contribution is -0.134. The molecular formula is C15H22O3. The molecule has 18 heavy (non-hydrogen) atoms. The summed E-state index contributed by atoms with van der Waals surface area (Å²) in [4.78, 5) is 12.3. The number of Topliss-reactive ketones (excluding diaryl/α,β-unsaturated/α-hetero) is 1. The molecule has 1 aliphatic rings. The van der Waals surface area contributed by atoms with Gasteiger partial charge in [0.25, 0.3) is 0 Å². The lowest BCUT2D eigenvalue weighted by Gasteiger charge is -2.29. The summed E-state index contributed by atoms with van der Waals surface area (Å²) in [5.41, 5.74) is 0.945. The van der Waals surface area contributed by atoms with Gasteiger partial charge in [0.15, 0.2) is 5.78 Å². The lowest BCUT2D eigenvalue weighted by Crippen LogP contribution is -2.35. The van der Waals surface area contributed by atoms with Crippen LogP contribution in [0.1, 0.15) is 44.6 Å². The number of carbonyl (C=O) groups excluding carboxylic acids is 1. The summed E-state index contributed by atoms with van der Waals surface area (Å²) in [5, 5.41) is 0. The van der Waals surface area contributed by atoms with Crippen LogP contribution in [0, 0.1) is 5.92 Å². The number of hydrogen-bond acceptors (Lipinski definition) is 3. The van der Waals surface area contributed by atoms with E-state index in [-0.39, 0.29) is 11.9 Å². The highest BCUT2D eigenvalue weighted by molar-refractivity contribution is 5.85. The number of hydrogen-bond donors (Lipinski definition) is 0. The van der Waals surface area contributed by atoms with Crippen molar-refractivity contribution in [1.82, 2.24) is 0 Å². The molecule has 0 radical (unpaired) electrons. The molecule has 100 valence electrons. The largest absolute Gasteiger partial charge is 0.472 e. The molecule has 1 aromatic rings. The van der Waals surface area contributed by atoms with Crippen molar-refractivity contribution in [2.75, 3.05) is 6.61 Å². The average molecular weight is 250 g/mol. The second kappa shape index (κ2) is 6.74. The summed E-state index contributed by atoms with van der Waals surface area (Å²) in [6, 6.07) is 1.85. The van der Waals surface area contributed by atoms with E-state index in [0.717, 1.165) is 18.4 Å². The molecule has 1 atom stereocenters. The fourth-order valence-corrected chi connectivity index (χ4v) is 2.80. The van der Waals surface area contributed by atoms with Crippen LogP contribution in [0.5, 0.6) is 0 Å². The van der Waals surface area contributed by atoms with Crippen LogP contribution in [-0.2, 0) is 16.0 Å². The Morgan fingerprint density at radius 1 is 1.44 bits per heavy atom. The highest BCUT2D eigenvalue weighted by atomic mass is 16.5. The number of rotatable bonds is 6. The Morgan fingerprint density at radius 2 is 2.22 bits per heavy atom. The van der Waals surface area contributed by atoms with Gasteiger partial charge < -0.3 is 9.15 Å². The maximum Gasteiger partial charge on any atom is 0.166 e. The minimum Gasteiger partial charge on any atom is -0.472 e. The average Bonchev–Trinajstić information content (AvgIpc) is 2.89. The van der Waals surface area contributed by atoms with Crippen LogP contribution in [0.15, 0.2) is 23.0 Å². The molecule has 1 aromatic heterocycles. The van der Waals surface area contributed by atoms with Crippen molar-refractivity contribution >= 4 is 5.78 Å². The van der Waals surface area contributed by atoms with E-state index in [4.69, 9.17) is 9.15 Å². The van der Waals surface area contributed by atoms with Crippen molar-refractivity contribution < 1.29 is 13.9 Å². The van der Waals surface area contributed by atoms with Crippen molar-refractivity contribution in [3.05, 3.63) is 24.2 Å². The predicted octanol–water partition coefficient (Wildman–Crippen LogP) is 3.38. The van der Waals surface area contributed by atoms with Gasteiger partial charge in [-0.25, -0.2) is 0 Å². The Morgan fingerprint density at radius 3 is 2.83 bits per heavy atom. The van der Waals surface area contributed by atoms with Gasteiger partial charge in [-0.2, -0.15) is 0 Å². The van der Waals surface area contributed by atoms with E-state index < -0.39 is 0 Å². The van der Waals surface area contributed by atoms with Crippen LogP contribution in [-0.4, -0.2) is 18.5 Å². The monoisotopic (exact) mass is 250 g/mol. The molecule has 0 spiro atoms. The van der Waals surface area contributed by atoms with Crippen molar-refractivity contribution in [2.24, 2.45) is 5.92 Å². The van der Waals surface area contributed by atoms with E-state index in [1.807, 2.05) is 13.0 Å². The molecule has 2 rings (SSSR count). The maximum absolute atomic E-state index is 12.3. The standard InChI is InChI=1S/C15H22O3/c1-2-18-15(13-6-4-3-5-7-13)14(16)10-12-8-9-17-11-12/h8-9,11,13,15H,2-7,10H2,1H3. The molecule has 1 unspecified atom stereocenters. The summed E-state index contributed by atoms with van der Waals surface area (Å²) in [6.45, 7) is 2.57. The highest BCUT2D eigenvalue weighted by Gasteiger charge is 2.29. The summed E-state index contributed by atoms with van der Waals surface area (Å²) in [5.74, 6) is 0.614. The Kier molecular flexibility index (Phi) is 5.00. The Balaban J connectivity index is 1.97. The van der Waals surface area contributed by atoms with Crippen molar-refractivity contribution in [3.63, 3.8) is 0 Å². The van der Waals surface area contributed by atoms with E-state index in [1.54, 1.807) is 12.5 Å². The summed E-state index contributed by atoms with van der Waals surface area (Å²) in [7, 11) is 0. The van der Waals surface area contributed by atoms with E-state index in [9.17, 15) is 4.79 Å². The molecule has 1 saturated carbocycles. The fourth-order valence-electron chi connectivity index (χ4n) is 2.80. The van der Waals surface area contributed by atoms with Crippen molar-refractivity contribution in [3.8, 4) is 0 Å². The molecule has 0 aliphatic heterocycles. The summed E-state index contributed by atoms with van der Waals surface area (Å²) in [6.07, 6.45) is 9.47. The first-order chi connectivity index (χ1) is 8.81. The van der Waals surface area contributed by atoms with E-state index >= 15 is 0 Å². The molecule has 1 aliphatic carbocycles. The molecule has 0 N–H and O–H groups in total. The molecule has 1 fully saturated rings. The minimum absolute atomic E-state index is 0.199. The predicted molar refractivity (Wildman–Crippen MR) is 69.4 cm³/mol. The topological polar surface area (TPSA) is 39.4 Å². The summed E-state index contributed by atoms with van der Waals surface area (Å²) >= 11 is 0. The molecule has 1 heterocycles. The Hall–Kier alpha value is -1.09. The first kappa shape index (κ1) is 13.3. The van der Waals surface area contributed by atoms with Gasteiger partial charge in [0.05, 0.1) is 12.5 Å². The van der Waals surface area contributed by atoms with Gasteiger partial charge in [-0.05, 0) is 37.3 Å². The van der Waals surface area contributed by atoms with Gasteiger partial charge >= 0.3 is 0 Å². The third-order valence-corrected chi connectivity index (χ3v) is 3.70. The third-order valence-electron chi connectivity index (χ3n) is 3.70. The highest BCUT2D eigenvalue weighted by Crippen LogP contribution is 2.29. The molecule has 3 heteroatoms. The van der Waals surface area contributed by atoms with Crippen molar-refractivity contribution in [2.45, 2.75) is 51.6 Å². The molecule has 0 amide bonds. The molecule has 0 aromatic carbocycles. The minimum atomic E-state index is -0.217. The van der Waals surface area contributed by atoms with Gasteiger partial charge in [0, 0.05) is 13.0 Å². The van der Waals surface area contributed by atoms with E-state index in [1.165, 1.54) is 19.3 Å². The fraction of sp³-hybridized carbons (Fsp3) is 0.667. The smallest absolute Gasteiger partial charge is 0.166 e. The van der Waals surface area contributed by atoms with Crippen LogP contribution < -0.4 is 0 Å². The van der Waals surface area contributed by atoms with Gasteiger partial charge in [0.1, 0.15) is 6.10 Å². The quantitative estimate of drug-likeness (QED) is 0.777. The second-order valence-corrected chi connectivity index (χ2v) is 5.05. The number of ether oxygens (including phenoxy) is 1. The zero-order chi connectivity index (χ0) is 12.8. The van der Waals surface area contributed by atoms with Gasteiger partial charge in [-0.1, -0.05) is 19.3 Å². The molecule has 0 bridgehead atoms. The van der Waals surface area contributed by atoms with Crippen molar-refractivity contribution in [1.29, 1.82) is 0 Å². The normalized spacial score (nSPS) is 18.7. The van der Waals surface area contributed by atoms with Crippen LogP contribution in [0.3, 0.4) is 0 Å². The second-order valence-electron chi connectivity index (χ2n) is 5.05. The van der Waals surface area contributed by atoms with Gasteiger partial charge in [0.2, 0.25) is 0 Å². The van der Waals surface area contributed by atoms with Crippen LogP contribution in [0.2, 0.25) is 0 Å². The first-order valence-corrected chi connectivity index (χ1v) is 6.96. The van der Waals surface area contributed by atoms with E-state index in [0.29, 0.717) is 18.9 Å². The molecular weight excluding hydrogens is 228 g/mol. The Bertz CT molecular complexity index is 350. The van der Waals surface area contributed by atoms with Crippen LogP contribution >= 0.6 is 0 Å². The van der Waals surface area contributed by atoms with Crippen LogP contribution in [0.25, 0.3) is 0 Å². The number of ketones is 1. The Labute approximate surface area is 109 Å². The molecule has 3 nitrogen and oxygen atoms in total.